The minimum atomic E-state index is -0.173. The molecule has 13 aromatic rings. The Morgan fingerprint density at radius 3 is 0.447 bits per heavy atom. The van der Waals surface area contributed by atoms with Gasteiger partial charge in [-0.2, -0.15) is 10.5 Å². The summed E-state index contributed by atoms with van der Waals surface area (Å²) in [5, 5.41) is 34.7. The maximum Gasteiger partial charge on any atom is 0.103 e. The highest BCUT2D eigenvalue weighted by atomic mass is 15.1. The van der Waals surface area contributed by atoms with E-state index in [4.69, 9.17) is 0 Å². The molecule has 0 aliphatic rings. The quantitative estimate of drug-likeness (QED) is 0.176. The second kappa shape index (κ2) is 20.8. The minimum Gasteiger partial charge on any atom is -0.306 e. The van der Waals surface area contributed by atoms with E-state index in [1.54, 1.807) is 0 Å². The summed E-state index contributed by atoms with van der Waals surface area (Å²) in [6.07, 6.45) is 0. The van der Waals surface area contributed by atoms with Crippen LogP contribution in [0.3, 0.4) is 0 Å². The molecule has 0 atom stereocenters. The molecular weight excluding hydrogens is 1140 g/mol. The maximum absolute atomic E-state index is 12.9. The van der Waals surface area contributed by atoms with Gasteiger partial charge in [0, 0.05) is 43.1 Å². The molecule has 4 aromatic heterocycles. The molecule has 0 saturated carbocycles. The van der Waals surface area contributed by atoms with Gasteiger partial charge < -0.3 is 18.3 Å². The van der Waals surface area contributed by atoms with Crippen LogP contribution in [0.25, 0.3) is 110 Å². The molecular formula is C88H96N6. The molecule has 0 radical (unpaired) electrons. The molecule has 13 rings (SSSR count). The van der Waals surface area contributed by atoms with Crippen LogP contribution in [0, 0.1) is 22.7 Å². The summed E-state index contributed by atoms with van der Waals surface area (Å²) >= 11 is 0. The summed E-state index contributed by atoms with van der Waals surface area (Å²) in [7, 11) is 0. The van der Waals surface area contributed by atoms with Crippen molar-refractivity contribution in [1.29, 1.82) is 10.5 Å². The summed E-state index contributed by atoms with van der Waals surface area (Å²) in [5.74, 6) is 0. The van der Waals surface area contributed by atoms with Crippen molar-refractivity contribution in [3.05, 3.63) is 201 Å². The molecule has 0 spiro atoms. The van der Waals surface area contributed by atoms with Crippen molar-refractivity contribution in [3.8, 4) is 34.9 Å². The lowest BCUT2D eigenvalue weighted by Crippen LogP contribution is -2.18. The van der Waals surface area contributed by atoms with Gasteiger partial charge in [0.15, 0.2) is 0 Å². The fourth-order valence-corrected chi connectivity index (χ4v) is 14.6. The van der Waals surface area contributed by atoms with E-state index in [0.29, 0.717) is 22.5 Å². The molecule has 0 aliphatic heterocycles. The molecule has 94 heavy (non-hydrogen) atoms. The molecule has 4 heterocycles. The van der Waals surface area contributed by atoms with Gasteiger partial charge in [0.25, 0.3) is 0 Å². The van der Waals surface area contributed by atoms with Crippen molar-refractivity contribution in [3.63, 3.8) is 0 Å². The molecule has 0 amide bonds. The van der Waals surface area contributed by atoms with Crippen molar-refractivity contribution >= 4 is 87.2 Å². The van der Waals surface area contributed by atoms with Gasteiger partial charge in [-0.15, -0.1) is 0 Å². The zero-order valence-corrected chi connectivity index (χ0v) is 60.5. The van der Waals surface area contributed by atoms with Crippen molar-refractivity contribution in [2.45, 2.75) is 209 Å². The van der Waals surface area contributed by atoms with E-state index in [1.165, 1.54) is 44.5 Å². The van der Waals surface area contributed by atoms with E-state index in [2.05, 4.69) is 342 Å². The smallest absolute Gasteiger partial charge is 0.103 e. The van der Waals surface area contributed by atoms with Gasteiger partial charge in [0.2, 0.25) is 0 Å². The van der Waals surface area contributed by atoms with Crippen molar-refractivity contribution in [1.82, 2.24) is 18.3 Å². The second-order valence-corrected chi connectivity index (χ2v) is 35.6. The molecule has 6 heteroatoms. The largest absolute Gasteiger partial charge is 0.306 e. The number of hydrogen-bond donors (Lipinski definition) is 0. The van der Waals surface area contributed by atoms with Crippen LogP contribution in [0.15, 0.2) is 146 Å². The van der Waals surface area contributed by atoms with E-state index in [1.807, 2.05) is 0 Å². The Labute approximate surface area is 558 Å². The Bertz CT molecular complexity index is 4820. The molecule has 0 N–H and O–H groups in total. The highest BCUT2D eigenvalue weighted by Gasteiger charge is 2.37. The lowest BCUT2D eigenvalue weighted by atomic mass is 9.85. The SMILES string of the molecule is CC(C)(C)c1ccc2c(c1)c1cc(C(C)(C)C)ccc1n2-c1c(C#N)c(C#N)c(-n2c3ccc(C(C)(C)C)cc3c3cc(C(C)(C)C)ccc32)c(-n2c3ccc(C(C)(C)C)cc3c3cc(C(C)(C)C)ccc32)c1-n1c2ccc(C(C)(C)C)cc2c2cc(C(C)(C)C)ccc21. The highest BCUT2D eigenvalue weighted by molar-refractivity contribution is 6.17. The molecule has 0 bridgehead atoms. The Morgan fingerprint density at radius 1 is 0.202 bits per heavy atom. The third kappa shape index (κ3) is 10.2. The van der Waals surface area contributed by atoms with Gasteiger partial charge in [-0.1, -0.05) is 215 Å². The molecule has 0 saturated heterocycles. The number of fused-ring (bicyclic) bond motifs is 12. The predicted octanol–water partition coefficient (Wildman–Crippen LogP) is 24.2. The van der Waals surface area contributed by atoms with E-state index in [9.17, 15) is 10.5 Å². The molecule has 9 aromatic carbocycles. The molecule has 0 aliphatic carbocycles. The summed E-state index contributed by atoms with van der Waals surface area (Å²) in [6.45, 7) is 55.0. The van der Waals surface area contributed by atoms with Gasteiger partial charge >= 0.3 is 0 Å². The maximum atomic E-state index is 12.9. The summed E-state index contributed by atoms with van der Waals surface area (Å²) in [4.78, 5) is 0. The van der Waals surface area contributed by atoms with Crippen LogP contribution in [0.2, 0.25) is 0 Å². The fourth-order valence-electron chi connectivity index (χ4n) is 14.6. The molecule has 478 valence electrons. The molecule has 0 unspecified atom stereocenters. The van der Waals surface area contributed by atoms with Gasteiger partial charge in [0.05, 0.1) is 78.0 Å². The molecule has 0 fully saturated rings. The molecule has 6 nitrogen and oxygen atoms in total. The second-order valence-electron chi connectivity index (χ2n) is 35.6. The van der Waals surface area contributed by atoms with E-state index < -0.39 is 0 Å². The fraction of sp³-hybridized carbons (Fsp3) is 0.364. The average Bonchev–Trinajstić information content (AvgIpc) is 1.47. The monoisotopic (exact) mass is 1240 g/mol. The van der Waals surface area contributed by atoms with Gasteiger partial charge in [-0.25, -0.2) is 0 Å². The number of aromatic nitrogens is 4. The minimum absolute atomic E-state index is 0.170. The average molecular weight is 1240 g/mol. The zero-order valence-electron chi connectivity index (χ0n) is 60.5. The number of nitriles is 2. The zero-order chi connectivity index (χ0) is 68.0. The predicted molar refractivity (Wildman–Crippen MR) is 403 cm³/mol. The summed E-state index contributed by atoms with van der Waals surface area (Å²) in [5.41, 5.74) is 19.7. The topological polar surface area (TPSA) is 67.3 Å². The number of benzene rings is 9. The number of hydrogen-bond acceptors (Lipinski definition) is 2. The van der Waals surface area contributed by atoms with Crippen LogP contribution in [0.1, 0.15) is 222 Å². The third-order valence-corrected chi connectivity index (χ3v) is 20.5. The lowest BCUT2D eigenvalue weighted by Gasteiger charge is -2.28. The standard InChI is InChI=1S/C88H96N6/c1-81(2,3)51-25-33-69-59(41-51)60-42-52(82(4,5)6)26-34-70(60)91(69)77-67(49-89)68(50-90)78(92-71-35-27-53(83(7,8)9)43-61(71)62-44-54(84(10,11)12)28-36-72(62)92)80(94-75-39-31-57(87(19,20)21)47-65(75)66-48-58(88(22,23)24)32-40-76(66)94)79(77)93-73-37-29-55(85(13,14)15)45-63(73)64-46-56(86(16,17)18)30-38-74(64)93/h25-48H,1-24H3. The third-order valence-electron chi connectivity index (χ3n) is 20.5. The Kier molecular flexibility index (Phi) is 14.2. The van der Waals surface area contributed by atoms with E-state index in [0.717, 1.165) is 98.6 Å². The van der Waals surface area contributed by atoms with Crippen LogP contribution in [0.4, 0.5) is 0 Å². The summed E-state index contributed by atoms with van der Waals surface area (Å²) < 4.78 is 9.74. The van der Waals surface area contributed by atoms with Crippen LogP contribution < -0.4 is 0 Å². The van der Waals surface area contributed by atoms with Crippen molar-refractivity contribution in [2.24, 2.45) is 0 Å². The Balaban J connectivity index is 1.41. The highest BCUT2D eigenvalue weighted by Crippen LogP contribution is 2.52. The Morgan fingerprint density at radius 2 is 0.330 bits per heavy atom. The van der Waals surface area contributed by atoms with Crippen LogP contribution in [-0.2, 0) is 43.3 Å². The van der Waals surface area contributed by atoms with Gasteiger partial charge in [-0.3, -0.25) is 0 Å². The number of rotatable bonds is 4. The van der Waals surface area contributed by atoms with Crippen molar-refractivity contribution in [2.75, 3.05) is 0 Å². The van der Waals surface area contributed by atoms with Crippen LogP contribution in [0.5, 0.6) is 0 Å². The van der Waals surface area contributed by atoms with Gasteiger partial charge in [0.1, 0.15) is 12.1 Å². The normalized spacial score (nSPS) is 13.5. The van der Waals surface area contributed by atoms with Crippen LogP contribution >= 0.6 is 0 Å². The first-order valence-corrected chi connectivity index (χ1v) is 34.0. The van der Waals surface area contributed by atoms with Crippen molar-refractivity contribution < 1.29 is 0 Å². The van der Waals surface area contributed by atoms with E-state index >= 15 is 0 Å². The first-order valence-electron chi connectivity index (χ1n) is 34.0. The Hall–Kier alpha value is -8.84. The van der Waals surface area contributed by atoms with Gasteiger partial charge in [-0.05, 0) is 185 Å². The van der Waals surface area contributed by atoms with Crippen LogP contribution in [-0.4, -0.2) is 18.3 Å². The first kappa shape index (κ1) is 63.9. The number of nitrogens with zero attached hydrogens (tertiary/aromatic N) is 6. The van der Waals surface area contributed by atoms with E-state index in [-0.39, 0.29) is 43.3 Å². The first-order chi connectivity index (χ1) is 43.6. The lowest BCUT2D eigenvalue weighted by molar-refractivity contribution is 0.590. The summed E-state index contributed by atoms with van der Waals surface area (Å²) in [6, 6.07) is 61.9.